The Labute approximate surface area is 118 Å². The second-order valence-corrected chi connectivity index (χ2v) is 10.5. The first-order valence-electron chi connectivity index (χ1n) is 6.30. The Hall–Kier alpha value is -0.450. The average Bonchev–Trinajstić information content (AvgIpc) is 2.27. The van der Waals surface area contributed by atoms with Crippen molar-refractivity contribution in [1.29, 1.82) is 5.26 Å². The second-order valence-electron chi connectivity index (χ2n) is 6.21. The quantitative estimate of drug-likeness (QED) is 0.851. The van der Waals surface area contributed by atoms with Crippen molar-refractivity contribution in [1.82, 2.24) is 4.72 Å². The highest BCUT2D eigenvalue weighted by molar-refractivity contribution is 7.91. The summed E-state index contributed by atoms with van der Waals surface area (Å²) >= 11 is 0. The Kier molecular flexibility index (Phi) is 4.81. The third-order valence-electron chi connectivity index (χ3n) is 3.45. The lowest BCUT2D eigenvalue weighted by Gasteiger charge is -2.36. The second kappa shape index (κ2) is 5.51. The number of rotatable bonds is 3. The molecule has 19 heavy (non-hydrogen) atoms. The van der Waals surface area contributed by atoms with Gasteiger partial charge in [0.05, 0.1) is 27.1 Å². The van der Waals surface area contributed by atoms with E-state index in [2.05, 4.69) is 10.8 Å². The molecule has 0 aromatic carbocycles. The molecule has 0 amide bonds. The van der Waals surface area contributed by atoms with E-state index in [1.165, 1.54) is 6.26 Å². The normalized spacial score (nSPS) is 30.6. The molecule has 1 unspecified atom stereocenters. The third kappa shape index (κ3) is 4.26. The lowest BCUT2D eigenvalue weighted by atomic mass is 9.83. The fourth-order valence-electron chi connectivity index (χ4n) is 2.08. The highest BCUT2D eigenvalue weighted by atomic mass is 32.2. The molecule has 1 rings (SSSR count). The summed E-state index contributed by atoms with van der Waals surface area (Å²) in [5, 5.41) is 8.97. The summed E-state index contributed by atoms with van der Waals surface area (Å²) in [5.74, 6) is 0. The van der Waals surface area contributed by atoms with Crippen molar-refractivity contribution in [3.8, 4) is 6.07 Å². The van der Waals surface area contributed by atoms with E-state index in [9.17, 15) is 17.9 Å². The van der Waals surface area contributed by atoms with Gasteiger partial charge in [0.25, 0.3) is 0 Å². The van der Waals surface area contributed by atoms with Crippen LogP contribution in [0.3, 0.4) is 0 Å². The highest BCUT2D eigenvalue weighted by Crippen LogP contribution is 2.32. The number of nitrogens with one attached hydrogen (secondary N) is 1. The Morgan fingerprint density at radius 3 is 2.11 bits per heavy atom. The molecule has 1 atom stereocenters. The maximum Gasteiger partial charge on any atom is 0.150 e. The van der Waals surface area contributed by atoms with Gasteiger partial charge in [-0.2, -0.15) is 5.26 Å². The Bertz CT molecular complexity index is 492. The molecule has 0 radical (unpaired) electrons. The Balaban J connectivity index is 2.78. The molecule has 0 bridgehead atoms. The van der Waals surface area contributed by atoms with Gasteiger partial charge in [-0.05, 0) is 46.5 Å². The fourth-order valence-corrected chi connectivity index (χ4v) is 4.08. The molecule has 0 saturated heterocycles. The van der Waals surface area contributed by atoms with E-state index in [4.69, 9.17) is 0 Å². The van der Waals surface area contributed by atoms with Gasteiger partial charge in [-0.3, -0.25) is 0 Å². The zero-order valence-electron chi connectivity index (χ0n) is 11.9. The summed E-state index contributed by atoms with van der Waals surface area (Å²) in [6.45, 7) is 5.51. The van der Waals surface area contributed by atoms with Crippen molar-refractivity contribution in [2.24, 2.45) is 0 Å². The summed E-state index contributed by atoms with van der Waals surface area (Å²) in [5.41, 5.74) is -0.862. The first-order valence-corrected chi connectivity index (χ1v) is 9.40. The summed E-state index contributed by atoms with van der Waals surface area (Å²) < 4.78 is 37.6. The fraction of sp³-hybridized carbons (Fsp3) is 0.917. The number of nitrogens with zero attached hydrogens (tertiary/aromatic N) is 1. The molecule has 0 aromatic heterocycles. The molecular formula is C12H22N2O3S2. The minimum atomic E-state index is -3.05. The molecule has 1 fully saturated rings. The third-order valence-corrected chi connectivity index (χ3v) is 6.82. The molecule has 0 aliphatic heterocycles. The first kappa shape index (κ1) is 16.6. The molecular weight excluding hydrogens is 284 g/mol. The molecule has 7 heteroatoms. The van der Waals surface area contributed by atoms with E-state index in [1.54, 1.807) is 0 Å². The van der Waals surface area contributed by atoms with Crippen molar-refractivity contribution >= 4 is 20.8 Å². The predicted molar refractivity (Wildman–Crippen MR) is 76.5 cm³/mol. The largest absolute Gasteiger partial charge is 0.242 e. The molecule has 0 heterocycles. The van der Waals surface area contributed by atoms with Crippen LogP contribution >= 0.6 is 0 Å². The van der Waals surface area contributed by atoms with Gasteiger partial charge in [0.15, 0.2) is 0 Å². The van der Waals surface area contributed by atoms with E-state index in [1.807, 2.05) is 20.8 Å². The first-order chi connectivity index (χ1) is 8.50. The van der Waals surface area contributed by atoms with Crippen LogP contribution < -0.4 is 4.72 Å². The van der Waals surface area contributed by atoms with E-state index in [0.29, 0.717) is 25.7 Å². The Morgan fingerprint density at radius 1 is 1.32 bits per heavy atom. The monoisotopic (exact) mass is 306 g/mol. The standard InChI is InChI=1S/C12H22N2O3S2/c1-11(2,3)18(15)14-12(9-13)7-5-10(6-8-12)19(4,16)17/h10,14H,5-8H2,1-4H3. The van der Waals surface area contributed by atoms with Crippen LogP contribution in [0.2, 0.25) is 0 Å². The molecule has 1 saturated carbocycles. The summed E-state index contributed by atoms with van der Waals surface area (Å²) in [4.78, 5) is 0. The van der Waals surface area contributed by atoms with Gasteiger partial charge in [0.2, 0.25) is 0 Å². The highest BCUT2D eigenvalue weighted by Gasteiger charge is 2.41. The van der Waals surface area contributed by atoms with Gasteiger partial charge in [-0.15, -0.1) is 0 Å². The van der Waals surface area contributed by atoms with Crippen molar-refractivity contribution < 1.29 is 12.6 Å². The SMILES string of the molecule is CC(C)(C)S(=O)NC1(C#N)CCC(S(C)(=O)=O)CC1. The topological polar surface area (TPSA) is 87.0 Å². The van der Waals surface area contributed by atoms with Gasteiger partial charge < -0.3 is 0 Å². The van der Waals surface area contributed by atoms with Crippen molar-refractivity contribution in [2.75, 3.05) is 6.26 Å². The molecule has 5 nitrogen and oxygen atoms in total. The number of nitriles is 1. The minimum absolute atomic E-state index is 0.376. The summed E-state index contributed by atoms with van der Waals surface area (Å²) in [6, 6.07) is 2.19. The van der Waals surface area contributed by atoms with E-state index >= 15 is 0 Å². The number of hydrogen-bond acceptors (Lipinski definition) is 4. The van der Waals surface area contributed by atoms with Crippen LogP contribution in [0.5, 0.6) is 0 Å². The molecule has 1 N–H and O–H groups in total. The maximum absolute atomic E-state index is 12.1. The summed E-state index contributed by atoms with van der Waals surface area (Å²) in [6.07, 6.45) is 2.96. The van der Waals surface area contributed by atoms with Crippen LogP contribution in [-0.2, 0) is 20.8 Å². The lowest BCUT2D eigenvalue weighted by molar-refractivity contribution is 0.341. The molecule has 0 spiro atoms. The minimum Gasteiger partial charge on any atom is -0.242 e. The van der Waals surface area contributed by atoms with Crippen LogP contribution in [0.1, 0.15) is 46.5 Å². The maximum atomic E-state index is 12.1. The van der Waals surface area contributed by atoms with Crippen molar-refractivity contribution in [3.05, 3.63) is 0 Å². The van der Waals surface area contributed by atoms with E-state index in [0.717, 1.165) is 0 Å². The van der Waals surface area contributed by atoms with Gasteiger partial charge in [-0.1, -0.05) is 0 Å². The number of sulfone groups is 1. The van der Waals surface area contributed by atoms with Gasteiger partial charge >= 0.3 is 0 Å². The average molecular weight is 306 g/mol. The van der Waals surface area contributed by atoms with Crippen LogP contribution in [-0.4, -0.2) is 34.4 Å². The zero-order chi connectivity index (χ0) is 14.9. The van der Waals surface area contributed by atoms with Crippen LogP contribution in [0.25, 0.3) is 0 Å². The predicted octanol–water partition coefficient (Wildman–Crippen LogP) is 1.29. The summed E-state index contributed by atoms with van der Waals surface area (Å²) in [7, 11) is -4.38. The van der Waals surface area contributed by atoms with Crippen LogP contribution in [0.4, 0.5) is 0 Å². The molecule has 1 aliphatic carbocycles. The van der Waals surface area contributed by atoms with Crippen molar-refractivity contribution in [2.45, 2.75) is 62.0 Å². The Morgan fingerprint density at radius 2 is 1.79 bits per heavy atom. The van der Waals surface area contributed by atoms with Crippen molar-refractivity contribution in [3.63, 3.8) is 0 Å². The van der Waals surface area contributed by atoms with Gasteiger partial charge in [0, 0.05) is 6.26 Å². The molecule has 1 aliphatic rings. The van der Waals surface area contributed by atoms with E-state index < -0.39 is 31.1 Å². The molecule has 0 aromatic rings. The smallest absolute Gasteiger partial charge is 0.150 e. The van der Waals surface area contributed by atoms with Gasteiger partial charge in [-0.25, -0.2) is 17.3 Å². The number of hydrogen-bond donors (Lipinski definition) is 1. The van der Waals surface area contributed by atoms with Crippen LogP contribution in [0, 0.1) is 11.3 Å². The lowest BCUT2D eigenvalue weighted by Crippen LogP contribution is -2.52. The van der Waals surface area contributed by atoms with Gasteiger partial charge in [0.1, 0.15) is 15.4 Å². The van der Waals surface area contributed by atoms with E-state index in [-0.39, 0.29) is 5.25 Å². The zero-order valence-corrected chi connectivity index (χ0v) is 13.5. The molecule has 110 valence electrons. The van der Waals surface area contributed by atoms with Crippen LogP contribution in [0.15, 0.2) is 0 Å².